The third-order valence-electron chi connectivity index (χ3n) is 4.40. The number of hydrogen-bond acceptors (Lipinski definition) is 5. The molecular weight excluding hydrogens is 376 g/mol. The molecule has 0 aliphatic carbocycles. The molecule has 1 saturated heterocycles. The molecule has 0 bridgehead atoms. The van der Waals surface area contributed by atoms with Gasteiger partial charge in [-0.3, -0.25) is 14.5 Å². The molecule has 8 heteroatoms. The van der Waals surface area contributed by atoms with Crippen LogP contribution in [0.15, 0.2) is 36.4 Å². The lowest BCUT2D eigenvalue weighted by Crippen LogP contribution is -2.54. The van der Waals surface area contributed by atoms with Crippen molar-refractivity contribution in [3.8, 4) is 5.75 Å². The standard InChI is InChI=1S/C18H17ClN2O4S/c19-16-6-5-15(26-16)18(23)21-11-14(17(22)20-7-9-24-10-8-20)25-13-4-2-1-3-12(13)21/h1-6,14H,7-11H2. The number of morpholine rings is 1. The van der Waals surface area contributed by atoms with Gasteiger partial charge < -0.3 is 14.4 Å². The van der Waals surface area contributed by atoms with Crippen LogP contribution in [0.2, 0.25) is 4.34 Å². The average molecular weight is 393 g/mol. The molecule has 1 fully saturated rings. The summed E-state index contributed by atoms with van der Waals surface area (Å²) in [6, 6.07) is 10.7. The van der Waals surface area contributed by atoms with E-state index in [0.717, 1.165) is 0 Å². The summed E-state index contributed by atoms with van der Waals surface area (Å²) in [5.41, 5.74) is 0.660. The second-order valence-electron chi connectivity index (χ2n) is 6.03. The highest BCUT2D eigenvalue weighted by Crippen LogP contribution is 2.35. The van der Waals surface area contributed by atoms with Crippen molar-refractivity contribution in [3.63, 3.8) is 0 Å². The quantitative estimate of drug-likeness (QED) is 0.788. The van der Waals surface area contributed by atoms with E-state index in [9.17, 15) is 9.59 Å². The molecule has 1 aromatic carbocycles. The van der Waals surface area contributed by atoms with Gasteiger partial charge in [-0.15, -0.1) is 11.3 Å². The first-order valence-electron chi connectivity index (χ1n) is 8.33. The second-order valence-corrected chi connectivity index (χ2v) is 7.75. The summed E-state index contributed by atoms with van der Waals surface area (Å²) in [4.78, 5) is 29.7. The van der Waals surface area contributed by atoms with Gasteiger partial charge in [-0.25, -0.2) is 0 Å². The van der Waals surface area contributed by atoms with E-state index in [-0.39, 0.29) is 18.4 Å². The topological polar surface area (TPSA) is 59.1 Å². The molecule has 2 amide bonds. The number of benzene rings is 1. The maximum atomic E-state index is 13.0. The van der Waals surface area contributed by atoms with Crippen molar-refractivity contribution in [2.75, 3.05) is 37.7 Å². The van der Waals surface area contributed by atoms with Gasteiger partial charge in [0, 0.05) is 13.1 Å². The fourth-order valence-corrected chi connectivity index (χ4v) is 4.10. The highest BCUT2D eigenvalue weighted by atomic mass is 35.5. The van der Waals surface area contributed by atoms with Crippen LogP contribution in [0, 0.1) is 0 Å². The SMILES string of the molecule is O=C(C1CN(C(=O)c2ccc(Cl)s2)c2ccccc2O1)N1CCOCC1. The Bertz CT molecular complexity index is 834. The van der Waals surface area contributed by atoms with Gasteiger partial charge in [-0.05, 0) is 24.3 Å². The van der Waals surface area contributed by atoms with Gasteiger partial charge in [0.05, 0.1) is 34.7 Å². The fraction of sp³-hybridized carbons (Fsp3) is 0.333. The van der Waals surface area contributed by atoms with Gasteiger partial charge in [-0.1, -0.05) is 23.7 Å². The van der Waals surface area contributed by atoms with Crippen molar-refractivity contribution in [3.05, 3.63) is 45.6 Å². The molecule has 1 aromatic heterocycles. The van der Waals surface area contributed by atoms with E-state index in [1.54, 1.807) is 28.0 Å². The Hall–Kier alpha value is -2.09. The number of hydrogen-bond donors (Lipinski definition) is 0. The van der Waals surface area contributed by atoms with Crippen molar-refractivity contribution in [1.82, 2.24) is 4.90 Å². The highest BCUT2D eigenvalue weighted by molar-refractivity contribution is 7.18. The highest BCUT2D eigenvalue weighted by Gasteiger charge is 2.37. The van der Waals surface area contributed by atoms with Crippen molar-refractivity contribution < 1.29 is 19.1 Å². The zero-order valence-corrected chi connectivity index (χ0v) is 15.5. The fourth-order valence-electron chi connectivity index (χ4n) is 3.10. The number of anilines is 1. The zero-order valence-electron chi connectivity index (χ0n) is 13.9. The van der Waals surface area contributed by atoms with E-state index in [0.29, 0.717) is 47.0 Å². The molecule has 0 saturated carbocycles. The number of carbonyl (C=O) groups excluding carboxylic acids is 2. The number of carbonyl (C=O) groups is 2. The first-order chi connectivity index (χ1) is 12.6. The summed E-state index contributed by atoms with van der Waals surface area (Å²) in [6.45, 7) is 2.28. The number of thiophene rings is 1. The molecule has 6 nitrogen and oxygen atoms in total. The third kappa shape index (κ3) is 3.30. The maximum Gasteiger partial charge on any atom is 0.268 e. The molecule has 26 heavy (non-hydrogen) atoms. The number of nitrogens with zero attached hydrogens (tertiary/aromatic N) is 2. The van der Waals surface area contributed by atoms with E-state index in [2.05, 4.69) is 0 Å². The third-order valence-corrected chi connectivity index (χ3v) is 5.62. The van der Waals surface area contributed by atoms with Gasteiger partial charge in [0.15, 0.2) is 6.10 Å². The number of rotatable bonds is 2. The Labute approximate surface area is 159 Å². The van der Waals surface area contributed by atoms with E-state index in [4.69, 9.17) is 21.1 Å². The van der Waals surface area contributed by atoms with E-state index >= 15 is 0 Å². The zero-order chi connectivity index (χ0) is 18.1. The average Bonchev–Trinajstić information content (AvgIpc) is 3.13. The van der Waals surface area contributed by atoms with E-state index in [1.165, 1.54) is 11.3 Å². The Morgan fingerprint density at radius 2 is 1.88 bits per heavy atom. The minimum atomic E-state index is -0.734. The van der Waals surface area contributed by atoms with Crippen LogP contribution >= 0.6 is 22.9 Å². The molecule has 2 aliphatic heterocycles. The molecule has 3 heterocycles. The predicted octanol–water partition coefficient (Wildman–Crippen LogP) is 2.67. The number of para-hydroxylation sites is 2. The van der Waals surface area contributed by atoms with Crippen LogP contribution in [0.3, 0.4) is 0 Å². The summed E-state index contributed by atoms with van der Waals surface area (Å²) >= 11 is 7.20. The van der Waals surface area contributed by atoms with Crippen LogP contribution < -0.4 is 9.64 Å². The molecule has 1 unspecified atom stereocenters. The van der Waals surface area contributed by atoms with E-state index < -0.39 is 6.10 Å². The minimum absolute atomic E-state index is 0.121. The van der Waals surface area contributed by atoms with Gasteiger partial charge >= 0.3 is 0 Å². The predicted molar refractivity (Wildman–Crippen MR) is 99.3 cm³/mol. The largest absolute Gasteiger partial charge is 0.476 e. The second kappa shape index (κ2) is 7.26. The smallest absolute Gasteiger partial charge is 0.268 e. The first-order valence-corrected chi connectivity index (χ1v) is 9.52. The van der Waals surface area contributed by atoms with Gasteiger partial charge in [0.1, 0.15) is 5.75 Å². The number of fused-ring (bicyclic) bond motifs is 1. The van der Waals surface area contributed by atoms with Crippen LogP contribution in [-0.2, 0) is 9.53 Å². The number of ether oxygens (including phenoxy) is 2. The van der Waals surface area contributed by atoms with Crippen LogP contribution in [0.25, 0.3) is 0 Å². The summed E-state index contributed by atoms with van der Waals surface area (Å²) in [5, 5.41) is 0. The summed E-state index contributed by atoms with van der Waals surface area (Å²) in [5.74, 6) is 0.226. The van der Waals surface area contributed by atoms with Crippen molar-refractivity contribution in [2.45, 2.75) is 6.10 Å². The monoisotopic (exact) mass is 392 g/mol. The summed E-state index contributed by atoms with van der Waals surface area (Å²) in [6.07, 6.45) is -0.734. The number of amides is 2. The van der Waals surface area contributed by atoms with Crippen molar-refractivity contribution in [1.29, 1.82) is 0 Å². The molecule has 1 atom stereocenters. The molecule has 4 rings (SSSR count). The molecule has 136 valence electrons. The molecule has 2 aromatic rings. The minimum Gasteiger partial charge on any atom is -0.476 e. The lowest BCUT2D eigenvalue weighted by Gasteiger charge is -2.37. The lowest BCUT2D eigenvalue weighted by molar-refractivity contribution is -0.142. The van der Waals surface area contributed by atoms with Crippen LogP contribution in [-0.4, -0.2) is 55.7 Å². The number of halogens is 1. The Morgan fingerprint density at radius 3 is 2.62 bits per heavy atom. The summed E-state index contributed by atoms with van der Waals surface area (Å²) < 4.78 is 11.8. The van der Waals surface area contributed by atoms with Crippen LogP contribution in [0.5, 0.6) is 5.75 Å². The summed E-state index contributed by atoms with van der Waals surface area (Å²) in [7, 11) is 0. The first kappa shape index (κ1) is 17.3. The van der Waals surface area contributed by atoms with Gasteiger partial charge in [0.25, 0.3) is 11.8 Å². The molecule has 0 N–H and O–H groups in total. The van der Waals surface area contributed by atoms with Crippen molar-refractivity contribution >= 4 is 40.4 Å². The van der Waals surface area contributed by atoms with Crippen molar-refractivity contribution in [2.24, 2.45) is 0 Å². The van der Waals surface area contributed by atoms with Crippen LogP contribution in [0.4, 0.5) is 5.69 Å². The van der Waals surface area contributed by atoms with Crippen LogP contribution in [0.1, 0.15) is 9.67 Å². The van der Waals surface area contributed by atoms with Gasteiger partial charge in [-0.2, -0.15) is 0 Å². The van der Waals surface area contributed by atoms with Gasteiger partial charge in [0.2, 0.25) is 0 Å². The Balaban J connectivity index is 1.62. The normalized spacial score (nSPS) is 19.7. The molecule has 0 spiro atoms. The lowest BCUT2D eigenvalue weighted by atomic mass is 10.1. The Kier molecular flexibility index (Phi) is 4.84. The molecule has 2 aliphatic rings. The van der Waals surface area contributed by atoms with E-state index in [1.807, 2.05) is 18.2 Å². The molecular formula is C18H17ClN2O4S. The Morgan fingerprint density at radius 1 is 1.12 bits per heavy atom. The molecule has 0 radical (unpaired) electrons. The maximum absolute atomic E-state index is 13.0.